The van der Waals surface area contributed by atoms with Crippen LogP contribution in [0.1, 0.15) is 40.3 Å². The van der Waals surface area contributed by atoms with Crippen molar-refractivity contribution in [3.63, 3.8) is 0 Å². The van der Waals surface area contributed by atoms with E-state index in [9.17, 15) is 9.18 Å². The van der Waals surface area contributed by atoms with E-state index in [0.717, 1.165) is 28.3 Å². The van der Waals surface area contributed by atoms with Gasteiger partial charge < -0.3 is 9.88 Å². The van der Waals surface area contributed by atoms with Gasteiger partial charge in [0.2, 0.25) is 0 Å². The standard InChI is InChI=1S/C23H22FN5O/c1-15-12-22(17(3)29(15)21-10-6-19(24)7-11-21)23(30)27-16(2)18-4-8-20(9-5-18)28-14-25-13-26-28/h4-14,16H,1-3H3,(H,27,30). The minimum Gasteiger partial charge on any atom is -0.345 e. The Hall–Kier alpha value is -3.74. The van der Waals surface area contributed by atoms with E-state index < -0.39 is 0 Å². The van der Waals surface area contributed by atoms with Crippen molar-refractivity contribution in [2.75, 3.05) is 0 Å². The van der Waals surface area contributed by atoms with E-state index in [0.29, 0.717) is 5.56 Å². The van der Waals surface area contributed by atoms with Gasteiger partial charge in [0.25, 0.3) is 5.91 Å². The summed E-state index contributed by atoms with van der Waals surface area (Å²) in [6.45, 7) is 5.77. The number of carbonyl (C=O) groups excluding carboxylic acids is 1. The van der Waals surface area contributed by atoms with Gasteiger partial charge in [-0.05, 0) is 68.8 Å². The van der Waals surface area contributed by atoms with Gasteiger partial charge in [-0.3, -0.25) is 4.79 Å². The molecule has 152 valence electrons. The van der Waals surface area contributed by atoms with E-state index in [-0.39, 0.29) is 17.8 Å². The topological polar surface area (TPSA) is 64.7 Å². The molecule has 4 rings (SSSR count). The monoisotopic (exact) mass is 403 g/mol. The van der Waals surface area contributed by atoms with Crippen molar-refractivity contribution in [2.24, 2.45) is 0 Å². The van der Waals surface area contributed by atoms with Crippen molar-refractivity contribution in [1.29, 1.82) is 0 Å². The van der Waals surface area contributed by atoms with Crippen LogP contribution in [0, 0.1) is 19.7 Å². The highest BCUT2D eigenvalue weighted by Crippen LogP contribution is 2.22. The lowest BCUT2D eigenvalue weighted by molar-refractivity contribution is 0.0939. The van der Waals surface area contributed by atoms with Crippen molar-refractivity contribution in [3.8, 4) is 11.4 Å². The van der Waals surface area contributed by atoms with Crippen LogP contribution in [0.2, 0.25) is 0 Å². The second kappa shape index (κ2) is 7.94. The first-order valence-corrected chi connectivity index (χ1v) is 9.65. The number of hydrogen-bond donors (Lipinski definition) is 1. The molecule has 0 saturated heterocycles. The van der Waals surface area contributed by atoms with Gasteiger partial charge in [0.05, 0.1) is 17.3 Å². The van der Waals surface area contributed by atoms with Crippen LogP contribution in [0.4, 0.5) is 4.39 Å². The molecule has 7 heteroatoms. The number of halogens is 1. The molecule has 1 N–H and O–H groups in total. The molecule has 1 unspecified atom stereocenters. The van der Waals surface area contributed by atoms with Crippen LogP contribution >= 0.6 is 0 Å². The number of amides is 1. The molecule has 30 heavy (non-hydrogen) atoms. The maximum absolute atomic E-state index is 13.3. The number of hydrogen-bond acceptors (Lipinski definition) is 3. The molecule has 0 bridgehead atoms. The summed E-state index contributed by atoms with van der Waals surface area (Å²) in [4.78, 5) is 16.9. The Kier molecular flexibility index (Phi) is 5.18. The van der Waals surface area contributed by atoms with Crippen molar-refractivity contribution in [3.05, 3.63) is 95.6 Å². The summed E-state index contributed by atoms with van der Waals surface area (Å²) >= 11 is 0. The number of aromatic nitrogens is 4. The van der Waals surface area contributed by atoms with Crippen LogP contribution in [-0.2, 0) is 0 Å². The highest BCUT2D eigenvalue weighted by molar-refractivity contribution is 5.96. The lowest BCUT2D eigenvalue weighted by atomic mass is 10.1. The van der Waals surface area contributed by atoms with E-state index in [4.69, 9.17) is 0 Å². The molecule has 0 aliphatic rings. The Morgan fingerprint density at radius 2 is 1.70 bits per heavy atom. The molecule has 6 nitrogen and oxygen atoms in total. The van der Waals surface area contributed by atoms with Gasteiger partial charge in [0.1, 0.15) is 18.5 Å². The Balaban J connectivity index is 1.52. The molecule has 0 aliphatic heterocycles. The molecule has 2 aromatic carbocycles. The summed E-state index contributed by atoms with van der Waals surface area (Å²) in [6, 6.07) is 15.7. The van der Waals surface area contributed by atoms with Gasteiger partial charge in [-0.25, -0.2) is 14.1 Å². The van der Waals surface area contributed by atoms with E-state index in [1.54, 1.807) is 23.1 Å². The van der Waals surface area contributed by atoms with Crippen LogP contribution in [-0.4, -0.2) is 25.2 Å². The Labute approximate surface area is 174 Å². The Morgan fingerprint density at radius 1 is 1.03 bits per heavy atom. The van der Waals surface area contributed by atoms with E-state index in [1.165, 1.54) is 18.5 Å². The predicted molar refractivity (Wildman–Crippen MR) is 112 cm³/mol. The number of carbonyl (C=O) groups is 1. The van der Waals surface area contributed by atoms with Crippen molar-refractivity contribution in [2.45, 2.75) is 26.8 Å². The third-order valence-electron chi connectivity index (χ3n) is 5.18. The summed E-state index contributed by atoms with van der Waals surface area (Å²) < 4.78 is 16.9. The van der Waals surface area contributed by atoms with E-state index >= 15 is 0 Å². The summed E-state index contributed by atoms with van der Waals surface area (Å²) in [5.74, 6) is -0.438. The molecule has 0 radical (unpaired) electrons. The molecule has 0 spiro atoms. The molecule has 0 aliphatic carbocycles. The normalized spacial score (nSPS) is 12.0. The number of benzene rings is 2. The number of rotatable bonds is 5. The largest absolute Gasteiger partial charge is 0.345 e. The molecule has 4 aromatic rings. The van der Waals surface area contributed by atoms with Crippen LogP contribution in [0.25, 0.3) is 11.4 Å². The smallest absolute Gasteiger partial charge is 0.253 e. The highest BCUT2D eigenvalue weighted by Gasteiger charge is 2.19. The molecule has 2 aromatic heterocycles. The number of aryl methyl sites for hydroxylation is 1. The minimum absolute atomic E-state index is 0.149. The third-order valence-corrected chi connectivity index (χ3v) is 5.18. The van der Waals surface area contributed by atoms with Gasteiger partial charge in [-0.1, -0.05) is 12.1 Å². The van der Waals surface area contributed by atoms with Crippen molar-refractivity contribution < 1.29 is 9.18 Å². The second-order valence-electron chi connectivity index (χ2n) is 7.22. The molecular weight excluding hydrogens is 381 g/mol. The fourth-order valence-electron chi connectivity index (χ4n) is 3.60. The minimum atomic E-state index is -0.289. The lowest BCUT2D eigenvalue weighted by Crippen LogP contribution is -2.27. The van der Waals surface area contributed by atoms with Crippen molar-refractivity contribution in [1.82, 2.24) is 24.6 Å². The van der Waals surface area contributed by atoms with Crippen molar-refractivity contribution >= 4 is 5.91 Å². The summed E-state index contributed by atoms with van der Waals surface area (Å²) in [6.07, 6.45) is 3.12. The molecule has 2 heterocycles. The zero-order valence-electron chi connectivity index (χ0n) is 17.0. The van der Waals surface area contributed by atoms with Gasteiger partial charge in [0, 0.05) is 17.1 Å². The van der Waals surface area contributed by atoms with Gasteiger partial charge >= 0.3 is 0 Å². The summed E-state index contributed by atoms with van der Waals surface area (Å²) in [5, 5.41) is 7.17. The molecule has 0 fully saturated rings. The van der Waals surface area contributed by atoms with Crippen LogP contribution in [0.5, 0.6) is 0 Å². The maximum atomic E-state index is 13.3. The Morgan fingerprint density at radius 3 is 2.33 bits per heavy atom. The second-order valence-corrected chi connectivity index (χ2v) is 7.22. The van der Waals surface area contributed by atoms with Crippen LogP contribution in [0.3, 0.4) is 0 Å². The fraction of sp³-hybridized carbons (Fsp3) is 0.174. The number of nitrogens with one attached hydrogen (secondary N) is 1. The zero-order valence-corrected chi connectivity index (χ0v) is 17.0. The van der Waals surface area contributed by atoms with E-state index in [1.807, 2.05) is 55.7 Å². The summed E-state index contributed by atoms with van der Waals surface area (Å²) in [5.41, 5.74) is 5.03. The zero-order chi connectivity index (χ0) is 21.3. The number of nitrogens with zero attached hydrogens (tertiary/aromatic N) is 4. The average molecular weight is 403 g/mol. The SMILES string of the molecule is Cc1cc(C(=O)NC(C)c2ccc(-n3cncn3)cc2)c(C)n1-c1ccc(F)cc1. The quantitative estimate of drug-likeness (QED) is 0.540. The third kappa shape index (κ3) is 3.74. The molecular formula is C23H22FN5O. The van der Waals surface area contributed by atoms with Crippen LogP contribution < -0.4 is 5.32 Å². The molecule has 1 amide bonds. The Bertz CT molecular complexity index is 1160. The molecule has 1 atom stereocenters. The average Bonchev–Trinajstić information content (AvgIpc) is 3.37. The highest BCUT2D eigenvalue weighted by atomic mass is 19.1. The maximum Gasteiger partial charge on any atom is 0.253 e. The van der Waals surface area contributed by atoms with Gasteiger partial charge in [-0.15, -0.1) is 0 Å². The predicted octanol–water partition coefficient (Wildman–Crippen LogP) is 4.30. The molecule has 0 saturated carbocycles. The van der Waals surface area contributed by atoms with Crippen LogP contribution in [0.15, 0.2) is 67.3 Å². The first-order chi connectivity index (χ1) is 14.4. The lowest BCUT2D eigenvalue weighted by Gasteiger charge is -2.15. The van der Waals surface area contributed by atoms with E-state index in [2.05, 4.69) is 15.4 Å². The van der Waals surface area contributed by atoms with Gasteiger partial charge in [-0.2, -0.15) is 5.10 Å². The fourth-order valence-corrected chi connectivity index (χ4v) is 3.60. The van der Waals surface area contributed by atoms with Gasteiger partial charge in [0.15, 0.2) is 0 Å². The first kappa shape index (κ1) is 19.6. The first-order valence-electron chi connectivity index (χ1n) is 9.65. The summed E-state index contributed by atoms with van der Waals surface area (Å²) in [7, 11) is 0.